The lowest BCUT2D eigenvalue weighted by Gasteiger charge is -2.23. The van der Waals surface area contributed by atoms with E-state index in [2.05, 4.69) is 67.1 Å². The summed E-state index contributed by atoms with van der Waals surface area (Å²) >= 11 is 0. The third-order valence-corrected chi connectivity index (χ3v) is 4.80. The molecule has 1 aliphatic heterocycles. The summed E-state index contributed by atoms with van der Waals surface area (Å²) in [5.74, 6) is 1.70. The summed E-state index contributed by atoms with van der Waals surface area (Å²) in [6.45, 7) is 4.20. The molecule has 1 saturated heterocycles. The number of aromatic nitrogens is 4. The highest BCUT2D eigenvalue weighted by Gasteiger charge is 2.25. The Bertz CT molecular complexity index is 845. The summed E-state index contributed by atoms with van der Waals surface area (Å²) < 4.78 is 0. The first-order valence-corrected chi connectivity index (χ1v) is 8.63. The molecule has 0 bridgehead atoms. The minimum atomic E-state index is 0.263. The SMILES string of the molecule is CN(C[C@@H]1CCN(Cc2ccccc2)C1)c1nc(N)nc2nc[nH]c12. The molecular formula is C18H23N7. The van der Waals surface area contributed by atoms with Crippen molar-refractivity contribution < 1.29 is 0 Å². The number of likely N-dealkylation sites (tertiary alicyclic amines) is 1. The van der Waals surface area contributed by atoms with Crippen molar-refractivity contribution in [2.75, 3.05) is 37.3 Å². The number of nitrogen functional groups attached to an aromatic ring is 1. The number of nitrogens with one attached hydrogen (secondary N) is 1. The van der Waals surface area contributed by atoms with Crippen molar-refractivity contribution in [2.45, 2.75) is 13.0 Å². The summed E-state index contributed by atoms with van der Waals surface area (Å²) in [6.07, 6.45) is 2.83. The van der Waals surface area contributed by atoms with E-state index in [4.69, 9.17) is 5.73 Å². The van der Waals surface area contributed by atoms with Gasteiger partial charge in [0.25, 0.3) is 0 Å². The second-order valence-corrected chi connectivity index (χ2v) is 6.76. The van der Waals surface area contributed by atoms with Crippen molar-refractivity contribution in [3.8, 4) is 0 Å². The van der Waals surface area contributed by atoms with Gasteiger partial charge in [-0.05, 0) is 24.4 Å². The topological polar surface area (TPSA) is 87.0 Å². The molecule has 4 rings (SSSR count). The Morgan fingerprint density at radius 1 is 1.28 bits per heavy atom. The first-order chi connectivity index (χ1) is 12.2. The number of H-pyrrole nitrogens is 1. The largest absolute Gasteiger partial charge is 0.368 e. The molecule has 1 aliphatic rings. The summed E-state index contributed by atoms with van der Waals surface area (Å²) in [4.78, 5) is 20.6. The zero-order valence-electron chi connectivity index (χ0n) is 14.4. The highest BCUT2D eigenvalue weighted by Crippen LogP contribution is 2.25. The van der Waals surface area contributed by atoms with Gasteiger partial charge in [0, 0.05) is 26.7 Å². The van der Waals surface area contributed by atoms with Gasteiger partial charge < -0.3 is 15.6 Å². The second-order valence-electron chi connectivity index (χ2n) is 6.76. The molecular weight excluding hydrogens is 314 g/mol. The van der Waals surface area contributed by atoms with Crippen LogP contribution in [0.2, 0.25) is 0 Å². The first-order valence-electron chi connectivity index (χ1n) is 8.63. The Morgan fingerprint density at radius 3 is 2.96 bits per heavy atom. The maximum atomic E-state index is 5.83. The van der Waals surface area contributed by atoms with E-state index < -0.39 is 0 Å². The molecule has 3 heterocycles. The summed E-state index contributed by atoms with van der Waals surface area (Å²) in [5, 5.41) is 0. The first kappa shape index (κ1) is 15.8. The zero-order valence-corrected chi connectivity index (χ0v) is 14.4. The van der Waals surface area contributed by atoms with Gasteiger partial charge in [-0.3, -0.25) is 4.90 Å². The van der Waals surface area contributed by atoms with Gasteiger partial charge in [-0.1, -0.05) is 30.3 Å². The predicted molar refractivity (Wildman–Crippen MR) is 99.2 cm³/mol. The van der Waals surface area contributed by atoms with Crippen LogP contribution in [0.4, 0.5) is 11.8 Å². The molecule has 0 saturated carbocycles. The van der Waals surface area contributed by atoms with E-state index in [-0.39, 0.29) is 5.95 Å². The summed E-state index contributed by atoms with van der Waals surface area (Å²) in [6, 6.07) is 10.7. The molecule has 1 fully saturated rings. The van der Waals surface area contributed by atoms with E-state index in [1.807, 2.05) is 0 Å². The average molecular weight is 337 g/mol. The molecule has 3 aromatic rings. The fourth-order valence-corrected chi connectivity index (χ4v) is 3.63. The van der Waals surface area contributed by atoms with Gasteiger partial charge in [0.2, 0.25) is 5.95 Å². The second kappa shape index (κ2) is 6.68. The van der Waals surface area contributed by atoms with Crippen LogP contribution in [0.15, 0.2) is 36.7 Å². The predicted octanol–water partition coefficient (Wildman–Crippen LogP) is 1.89. The van der Waals surface area contributed by atoms with E-state index >= 15 is 0 Å². The molecule has 7 heteroatoms. The molecule has 3 N–H and O–H groups in total. The Labute approximate surface area is 146 Å². The molecule has 0 amide bonds. The van der Waals surface area contributed by atoms with Crippen LogP contribution >= 0.6 is 0 Å². The smallest absolute Gasteiger partial charge is 0.224 e. The number of rotatable bonds is 5. The number of nitrogens with zero attached hydrogens (tertiary/aromatic N) is 5. The number of aromatic amines is 1. The summed E-state index contributed by atoms with van der Waals surface area (Å²) in [7, 11) is 2.06. The van der Waals surface area contributed by atoms with Crippen molar-refractivity contribution in [3.63, 3.8) is 0 Å². The van der Waals surface area contributed by atoms with Gasteiger partial charge in [0.1, 0.15) is 5.52 Å². The van der Waals surface area contributed by atoms with Crippen LogP contribution in [0.3, 0.4) is 0 Å². The molecule has 7 nitrogen and oxygen atoms in total. The van der Waals surface area contributed by atoms with Crippen LogP contribution < -0.4 is 10.6 Å². The minimum Gasteiger partial charge on any atom is -0.368 e. The van der Waals surface area contributed by atoms with E-state index in [1.54, 1.807) is 6.33 Å². The van der Waals surface area contributed by atoms with Crippen LogP contribution in [0.1, 0.15) is 12.0 Å². The lowest BCUT2D eigenvalue weighted by molar-refractivity contribution is 0.317. The van der Waals surface area contributed by atoms with Gasteiger partial charge in [-0.2, -0.15) is 9.97 Å². The lowest BCUT2D eigenvalue weighted by Crippen LogP contribution is -2.29. The fraction of sp³-hybridized carbons (Fsp3) is 0.389. The van der Waals surface area contributed by atoms with Gasteiger partial charge in [-0.15, -0.1) is 0 Å². The van der Waals surface area contributed by atoms with Crippen LogP contribution in [0.5, 0.6) is 0 Å². The average Bonchev–Trinajstić information content (AvgIpc) is 3.24. The zero-order chi connectivity index (χ0) is 17.2. The molecule has 0 radical (unpaired) electrons. The van der Waals surface area contributed by atoms with Crippen molar-refractivity contribution in [1.29, 1.82) is 0 Å². The molecule has 0 unspecified atom stereocenters. The molecule has 1 atom stereocenters. The maximum absolute atomic E-state index is 5.83. The number of fused-ring (bicyclic) bond motifs is 1. The Kier molecular flexibility index (Phi) is 4.23. The molecule has 0 aliphatic carbocycles. The van der Waals surface area contributed by atoms with Gasteiger partial charge in [0.15, 0.2) is 11.5 Å². The Hall–Kier alpha value is -2.67. The highest BCUT2D eigenvalue weighted by molar-refractivity contribution is 5.83. The molecule has 0 spiro atoms. The number of nitrogens with two attached hydrogens (primary N) is 1. The van der Waals surface area contributed by atoms with E-state index in [9.17, 15) is 0 Å². The summed E-state index contributed by atoms with van der Waals surface area (Å²) in [5.41, 5.74) is 8.66. The monoisotopic (exact) mass is 337 g/mol. The van der Waals surface area contributed by atoms with Crippen molar-refractivity contribution in [2.24, 2.45) is 5.92 Å². The van der Waals surface area contributed by atoms with Crippen molar-refractivity contribution >= 4 is 22.9 Å². The normalized spacial score (nSPS) is 18.0. The number of imidazole rings is 1. The van der Waals surface area contributed by atoms with Crippen LogP contribution in [-0.4, -0.2) is 51.5 Å². The molecule has 130 valence electrons. The number of anilines is 2. The van der Waals surface area contributed by atoms with E-state index in [0.29, 0.717) is 11.6 Å². The number of hydrogen-bond donors (Lipinski definition) is 2. The van der Waals surface area contributed by atoms with E-state index in [0.717, 1.165) is 37.5 Å². The standard InChI is InChI=1S/C18H23N7/c1-24(17-15-16(21-12-20-15)22-18(19)23-17)9-14-7-8-25(11-14)10-13-5-3-2-4-6-13/h2-6,12,14H,7-11H2,1H3,(H3,19,20,21,22,23)/t14-/m0/s1. The molecule has 25 heavy (non-hydrogen) atoms. The van der Waals surface area contributed by atoms with Crippen molar-refractivity contribution in [3.05, 3.63) is 42.2 Å². The van der Waals surface area contributed by atoms with Crippen LogP contribution in [0.25, 0.3) is 11.2 Å². The highest BCUT2D eigenvalue weighted by atomic mass is 15.2. The number of hydrogen-bond acceptors (Lipinski definition) is 6. The van der Waals surface area contributed by atoms with Gasteiger partial charge in [0.05, 0.1) is 6.33 Å². The Balaban J connectivity index is 1.41. The third kappa shape index (κ3) is 3.41. The maximum Gasteiger partial charge on any atom is 0.224 e. The van der Waals surface area contributed by atoms with Gasteiger partial charge in [-0.25, -0.2) is 4.98 Å². The fourth-order valence-electron chi connectivity index (χ4n) is 3.63. The van der Waals surface area contributed by atoms with Crippen LogP contribution in [-0.2, 0) is 6.54 Å². The third-order valence-electron chi connectivity index (χ3n) is 4.80. The molecule has 1 aromatic carbocycles. The molecule has 2 aromatic heterocycles. The lowest BCUT2D eigenvalue weighted by atomic mass is 10.1. The number of benzene rings is 1. The quantitative estimate of drug-likeness (QED) is 0.739. The van der Waals surface area contributed by atoms with Gasteiger partial charge >= 0.3 is 0 Å². The Morgan fingerprint density at radius 2 is 2.12 bits per heavy atom. The minimum absolute atomic E-state index is 0.263. The van der Waals surface area contributed by atoms with E-state index in [1.165, 1.54) is 12.0 Å². The van der Waals surface area contributed by atoms with Crippen LogP contribution in [0, 0.1) is 5.92 Å². The van der Waals surface area contributed by atoms with Crippen molar-refractivity contribution in [1.82, 2.24) is 24.8 Å².